The van der Waals surface area contributed by atoms with E-state index in [1.165, 1.54) is 4.90 Å². The fourth-order valence-corrected chi connectivity index (χ4v) is 3.80. The zero-order valence-electron chi connectivity index (χ0n) is 20.3. The average molecular weight is 490 g/mol. The fraction of sp³-hybridized carbons (Fsp3) is 0.385. The highest BCUT2D eigenvalue weighted by molar-refractivity contribution is 5.76. The molecule has 2 aromatic carbocycles. The molecule has 188 valence electrons. The Morgan fingerprint density at radius 2 is 1.49 bits per heavy atom. The Morgan fingerprint density at radius 3 is 1.97 bits per heavy atom. The van der Waals surface area contributed by atoms with Gasteiger partial charge in [0.15, 0.2) is 11.4 Å². The number of anilines is 1. The van der Waals surface area contributed by atoms with Gasteiger partial charge >= 0.3 is 12.3 Å². The van der Waals surface area contributed by atoms with Crippen LogP contribution in [0.2, 0.25) is 0 Å². The van der Waals surface area contributed by atoms with Gasteiger partial charge in [-0.15, -0.1) is 0 Å². The Morgan fingerprint density at radius 1 is 0.943 bits per heavy atom. The van der Waals surface area contributed by atoms with Gasteiger partial charge in [0.2, 0.25) is 0 Å². The first-order valence-corrected chi connectivity index (χ1v) is 11.4. The number of carbonyl (C=O) groups excluding carboxylic acids is 1. The summed E-state index contributed by atoms with van der Waals surface area (Å²) in [6.07, 6.45) is -5.54. The number of hydrogen-bond acceptors (Lipinski definition) is 4. The maximum absolute atomic E-state index is 14.4. The van der Waals surface area contributed by atoms with E-state index in [2.05, 4.69) is 0 Å². The third-order valence-corrected chi connectivity index (χ3v) is 5.15. The first-order chi connectivity index (χ1) is 16.4. The minimum absolute atomic E-state index is 0.0787. The number of rotatable bonds is 7. The highest BCUT2D eigenvalue weighted by atomic mass is 19.4. The van der Waals surface area contributed by atoms with Crippen molar-refractivity contribution in [3.63, 3.8) is 0 Å². The number of hydrogen-bond donors (Lipinski definition) is 0. The molecule has 0 fully saturated rings. The second-order valence-electron chi connectivity index (χ2n) is 9.24. The number of ether oxygens (including phenoxy) is 1. The van der Waals surface area contributed by atoms with Gasteiger partial charge < -0.3 is 9.64 Å². The van der Waals surface area contributed by atoms with Gasteiger partial charge in [-0.25, -0.2) is 9.48 Å². The molecule has 3 aromatic rings. The molecule has 3 rings (SSSR count). The molecule has 0 saturated heterocycles. The molecule has 0 radical (unpaired) electrons. The van der Waals surface area contributed by atoms with Gasteiger partial charge in [-0.3, -0.25) is 4.79 Å². The van der Waals surface area contributed by atoms with Gasteiger partial charge in [-0.2, -0.15) is 17.9 Å². The van der Waals surface area contributed by atoms with Crippen LogP contribution in [-0.2, 0) is 24.0 Å². The molecule has 0 aliphatic carbocycles. The lowest BCUT2D eigenvalue weighted by Gasteiger charge is -2.28. The third kappa shape index (κ3) is 6.35. The summed E-state index contributed by atoms with van der Waals surface area (Å²) < 4.78 is 50.2. The van der Waals surface area contributed by atoms with Crippen LogP contribution in [0.15, 0.2) is 65.5 Å². The fourth-order valence-electron chi connectivity index (χ4n) is 3.80. The highest BCUT2D eigenvalue weighted by Gasteiger charge is 2.44. The van der Waals surface area contributed by atoms with Crippen molar-refractivity contribution in [2.45, 2.75) is 59.0 Å². The molecule has 0 saturated carbocycles. The van der Waals surface area contributed by atoms with Crippen LogP contribution in [0.4, 0.5) is 23.8 Å². The van der Waals surface area contributed by atoms with Crippen molar-refractivity contribution in [1.29, 1.82) is 0 Å². The van der Waals surface area contributed by atoms with Crippen LogP contribution in [0.1, 0.15) is 50.8 Å². The zero-order valence-corrected chi connectivity index (χ0v) is 20.3. The van der Waals surface area contributed by atoms with E-state index in [-0.39, 0.29) is 19.6 Å². The molecule has 0 unspecified atom stereocenters. The van der Waals surface area contributed by atoms with Gasteiger partial charge in [-0.05, 0) is 38.3 Å². The van der Waals surface area contributed by atoms with Crippen LogP contribution in [0.25, 0.3) is 0 Å². The summed E-state index contributed by atoms with van der Waals surface area (Å²) in [6, 6.07) is 17.5. The van der Waals surface area contributed by atoms with Crippen molar-refractivity contribution < 1.29 is 22.7 Å². The van der Waals surface area contributed by atoms with E-state index in [1.807, 2.05) is 13.0 Å². The molecule has 0 aliphatic heterocycles. The first kappa shape index (κ1) is 26.1. The summed E-state index contributed by atoms with van der Waals surface area (Å²) in [5, 5.41) is 0. The summed E-state index contributed by atoms with van der Waals surface area (Å²) in [4.78, 5) is 28.0. The normalized spacial score (nSPS) is 12.0. The predicted molar refractivity (Wildman–Crippen MR) is 129 cm³/mol. The molecule has 0 atom stereocenters. The van der Waals surface area contributed by atoms with E-state index in [1.54, 1.807) is 75.4 Å². The second-order valence-corrected chi connectivity index (χ2v) is 9.24. The summed E-state index contributed by atoms with van der Waals surface area (Å²) in [5.74, 6) is -0.515. The summed E-state index contributed by atoms with van der Waals surface area (Å²) >= 11 is 0. The maximum atomic E-state index is 14.4. The molecule has 6 nitrogen and oxygen atoms in total. The van der Waals surface area contributed by atoms with E-state index in [0.717, 1.165) is 14.9 Å². The second kappa shape index (κ2) is 10.4. The summed E-state index contributed by atoms with van der Waals surface area (Å²) in [7, 11) is 0. The van der Waals surface area contributed by atoms with Gasteiger partial charge in [0.25, 0.3) is 5.56 Å². The van der Waals surface area contributed by atoms with Crippen molar-refractivity contribution in [2.75, 3.05) is 11.4 Å². The van der Waals surface area contributed by atoms with Crippen molar-refractivity contribution in [3.05, 3.63) is 87.7 Å². The van der Waals surface area contributed by atoms with Crippen molar-refractivity contribution >= 4 is 11.9 Å². The van der Waals surface area contributed by atoms with E-state index >= 15 is 0 Å². The summed E-state index contributed by atoms with van der Waals surface area (Å²) in [5.41, 5.74) is -2.35. The van der Waals surface area contributed by atoms with Crippen LogP contribution < -0.4 is 10.5 Å². The Labute approximate surface area is 202 Å². The first-order valence-electron chi connectivity index (χ1n) is 11.4. The van der Waals surface area contributed by atoms with Crippen LogP contribution >= 0.6 is 0 Å². The van der Waals surface area contributed by atoms with Crippen LogP contribution in [0.5, 0.6) is 0 Å². The van der Waals surface area contributed by atoms with E-state index in [9.17, 15) is 22.8 Å². The largest absolute Gasteiger partial charge is 0.442 e. The number of benzene rings is 2. The molecule has 0 N–H and O–H groups in total. The molecule has 0 amide bonds. The molecular weight excluding hydrogens is 459 g/mol. The lowest BCUT2D eigenvalue weighted by atomic mass is 10.2. The van der Waals surface area contributed by atoms with Crippen LogP contribution in [0, 0.1) is 0 Å². The quantitative estimate of drug-likeness (QED) is 0.414. The van der Waals surface area contributed by atoms with E-state index < -0.39 is 34.8 Å². The van der Waals surface area contributed by atoms with Gasteiger partial charge in [-0.1, -0.05) is 67.6 Å². The molecule has 35 heavy (non-hydrogen) atoms. The van der Waals surface area contributed by atoms with Gasteiger partial charge in [0.1, 0.15) is 5.60 Å². The summed E-state index contributed by atoms with van der Waals surface area (Å²) in [6.45, 7) is 6.71. The Kier molecular flexibility index (Phi) is 7.77. The van der Waals surface area contributed by atoms with Crippen LogP contribution in [0.3, 0.4) is 0 Å². The SMILES string of the molecule is CCCN(Cc1ccccc1)c1c(C(F)(F)F)c(=O)n(Cc2ccccc2)n1C(=O)OC(C)(C)C. The third-order valence-electron chi connectivity index (χ3n) is 5.15. The lowest BCUT2D eigenvalue weighted by Crippen LogP contribution is -2.36. The molecule has 1 heterocycles. The lowest BCUT2D eigenvalue weighted by molar-refractivity contribution is -0.138. The van der Waals surface area contributed by atoms with E-state index in [4.69, 9.17) is 4.74 Å². The monoisotopic (exact) mass is 489 g/mol. The molecular formula is C26H30F3N3O3. The van der Waals surface area contributed by atoms with Crippen molar-refractivity contribution in [2.24, 2.45) is 0 Å². The smallest absolute Gasteiger partial charge is 0.435 e. The molecule has 0 aliphatic rings. The van der Waals surface area contributed by atoms with Crippen LogP contribution in [-0.4, -0.2) is 27.6 Å². The minimum Gasteiger partial charge on any atom is -0.442 e. The number of carbonyl (C=O) groups is 1. The van der Waals surface area contributed by atoms with Crippen molar-refractivity contribution in [1.82, 2.24) is 9.36 Å². The number of halogens is 3. The van der Waals surface area contributed by atoms with Gasteiger partial charge in [0.05, 0.1) is 6.54 Å². The topological polar surface area (TPSA) is 56.5 Å². The maximum Gasteiger partial charge on any atom is 0.435 e. The van der Waals surface area contributed by atoms with Crippen molar-refractivity contribution in [3.8, 4) is 0 Å². The Balaban J connectivity index is 2.30. The zero-order chi connectivity index (χ0) is 25.8. The molecule has 1 aromatic heterocycles. The minimum atomic E-state index is -4.99. The number of aromatic nitrogens is 2. The number of alkyl halides is 3. The predicted octanol–water partition coefficient (Wildman–Crippen LogP) is 5.92. The highest BCUT2D eigenvalue weighted by Crippen LogP contribution is 2.36. The molecule has 0 bridgehead atoms. The standard InChI is InChI=1S/C26H30F3N3O3/c1-5-16-30(17-19-12-8-6-9-13-19)22-21(26(27,28)29)23(33)31(18-20-14-10-7-11-15-20)32(22)24(34)35-25(2,3)4/h6-15H,5,16-18H2,1-4H3. The number of nitrogens with zero attached hydrogens (tertiary/aromatic N) is 3. The Bertz CT molecular complexity index is 1190. The average Bonchev–Trinajstić information content (AvgIpc) is 3.06. The van der Waals surface area contributed by atoms with Gasteiger partial charge in [0, 0.05) is 13.1 Å². The van der Waals surface area contributed by atoms with E-state index in [0.29, 0.717) is 12.0 Å². The Hall–Kier alpha value is -3.49. The molecule has 9 heteroatoms. The molecule has 0 spiro atoms.